The molecule has 0 aromatic carbocycles. The van der Waals surface area contributed by atoms with Gasteiger partial charge in [-0.3, -0.25) is 0 Å². The van der Waals surface area contributed by atoms with E-state index in [1.165, 1.54) is 7.11 Å². The van der Waals surface area contributed by atoms with Crippen LogP contribution in [0.5, 0.6) is 5.75 Å². The predicted octanol–water partition coefficient (Wildman–Crippen LogP) is 1.03. The molecule has 0 aliphatic heterocycles. The standard InChI is InChI=1S/C6H8ClN3O/c1-3-4(11-2)5(8)10-6(7)9-3/h1-2H3,(H2,8,9,10). The van der Waals surface area contributed by atoms with Crippen molar-refractivity contribution < 1.29 is 4.74 Å². The summed E-state index contributed by atoms with van der Waals surface area (Å²) in [5, 5.41) is 0.140. The molecule has 4 nitrogen and oxygen atoms in total. The van der Waals surface area contributed by atoms with Gasteiger partial charge in [-0.15, -0.1) is 0 Å². The monoisotopic (exact) mass is 173 g/mol. The number of ether oxygens (including phenoxy) is 1. The fourth-order valence-corrected chi connectivity index (χ4v) is 1.02. The first-order chi connectivity index (χ1) is 5.15. The first-order valence-electron chi connectivity index (χ1n) is 2.98. The van der Waals surface area contributed by atoms with Crippen molar-refractivity contribution in [2.45, 2.75) is 6.92 Å². The van der Waals surface area contributed by atoms with Crippen LogP contribution in [0.15, 0.2) is 0 Å². The quantitative estimate of drug-likeness (QED) is 0.645. The second-order valence-electron chi connectivity index (χ2n) is 2.00. The maximum atomic E-state index is 5.52. The Morgan fingerprint density at radius 3 is 2.55 bits per heavy atom. The zero-order valence-corrected chi connectivity index (χ0v) is 7.01. The highest BCUT2D eigenvalue weighted by Gasteiger charge is 2.06. The van der Waals surface area contributed by atoms with Gasteiger partial charge in [-0.05, 0) is 18.5 Å². The van der Waals surface area contributed by atoms with Gasteiger partial charge in [0.2, 0.25) is 5.28 Å². The molecule has 0 saturated carbocycles. The van der Waals surface area contributed by atoms with Gasteiger partial charge in [0, 0.05) is 0 Å². The maximum Gasteiger partial charge on any atom is 0.224 e. The van der Waals surface area contributed by atoms with E-state index in [0.29, 0.717) is 11.4 Å². The van der Waals surface area contributed by atoms with Crippen LogP contribution in [0.25, 0.3) is 0 Å². The Morgan fingerprint density at radius 1 is 1.45 bits per heavy atom. The molecular weight excluding hydrogens is 166 g/mol. The Labute approximate surface area is 69.4 Å². The summed E-state index contributed by atoms with van der Waals surface area (Å²) >= 11 is 5.52. The predicted molar refractivity (Wildman–Crippen MR) is 42.7 cm³/mol. The number of hydrogen-bond donors (Lipinski definition) is 1. The molecule has 11 heavy (non-hydrogen) atoms. The summed E-state index contributed by atoms with van der Waals surface area (Å²) in [6, 6.07) is 0. The van der Waals surface area contributed by atoms with Gasteiger partial charge in [0.1, 0.15) is 0 Å². The number of halogens is 1. The molecule has 1 heterocycles. The Hall–Kier alpha value is -1.03. The number of nitrogens with zero attached hydrogens (tertiary/aromatic N) is 2. The third-order valence-corrected chi connectivity index (χ3v) is 1.41. The van der Waals surface area contributed by atoms with Crippen molar-refractivity contribution in [3.05, 3.63) is 11.0 Å². The zero-order valence-electron chi connectivity index (χ0n) is 6.26. The lowest BCUT2D eigenvalue weighted by atomic mass is 10.4. The molecule has 0 bridgehead atoms. The van der Waals surface area contributed by atoms with Crippen LogP contribution in [0.4, 0.5) is 5.82 Å². The third kappa shape index (κ3) is 1.51. The molecule has 0 unspecified atom stereocenters. The van der Waals surface area contributed by atoms with Crippen LogP contribution >= 0.6 is 11.6 Å². The molecule has 0 aliphatic rings. The summed E-state index contributed by atoms with van der Waals surface area (Å²) in [5.41, 5.74) is 6.12. The number of nitrogen functional groups attached to an aromatic ring is 1. The van der Waals surface area contributed by atoms with Crippen LogP contribution in [0, 0.1) is 6.92 Å². The van der Waals surface area contributed by atoms with E-state index in [0.717, 1.165) is 0 Å². The van der Waals surface area contributed by atoms with E-state index in [1.54, 1.807) is 6.92 Å². The molecule has 1 rings (SSSR count). The maximum absolute atomic E-state index is 5.52. The molecule has 60 valence electrons. The van der Waals surface area contributed by atoms with Crippen LogP contribution in [-0.4, -0.2) is 17.1 Å². The SMILES string of the molecule is COc1c(C)nc(Cl)nc1N. The molecule has 0 radical (unpaired) electrons. The Bertz CT molecular complexity index is 254. The van der Waals surface area contributed by atoms with Gasteiger partial charge in [0.15, 0.2) is 11.6 Å². The Morgan fingerprint density at radius 2 is 2.09 bits per heavy atom. The van der Waals surface area contributed by atoms with Crippen molar-refractivity contribution in [2.24, 2.45) is 0 Å². The van der Waals surface area contributed by atoms with Crippen molar-refractivity contribution in [3.63, 3.8) is 0 Å². The average Bonchev–Trinajstić information content (AvgIpc) is 1.85. The van der Waals surface area contributed by atoms with Crippen molar-refractivity contribution in [1.29, 1.82) is 0 Å². The minimum Gasteiger partial charge on any atom is -0.491 e. The fourth-order valence-electron chi connectivity index (χ4n) is 0.802. The molecule has 1 aromatic heterocycles. The highest BCUT2D eigenvalue weighted by molar-refractivity contribution is 6.28. The van der Waals surface area contributed by atoms with E-state index >= 15 is 0 Å². The number of methoxy groups -OCH3 is 1. The minimum atomic E-state index is 0.140. The second kappa shape index (κ2) is 2.92. The summed E-state index contributed by atoms with van der Waals surface area (Å²) in [5.74, 6) is 0.749. The van der Waals surface area contributed by atoms with Crippen LogP contribution in [0.1, 0.15) is 5.69 Å². The molecule has 0 amide bonds. The van der Waals surface area contributed by atoms with Crippen molar-refractivity contribution in [1.82, 2.24) is 9.97 Å². The average molecular weight is 174 g/mol. The summed E-state index contributed by atoms with van der Waals surface area (Å²) in [6.45, 7) is 1.75. The van der Waals surface area contributed by atoms with Crippen molar-refractivity contribution in [3.8, 4) is 5.75 Å². The minimum absolute atomic E-state index is 0.140. The highest BCUT2D eigenvalue weighted by atomic mass is 35.5. The number of anilines is 1. The van der Waals surface area contributed by atoms with E-state index < -0.39 is 0 Å². The van der Waals surface area contributed by atoms with Gasteiger partial charge in [-0.2, -0.15) is 4.98 Å². The van der Waals surface area contributed by atoms with Crippen molar-refractivity contribution >= 4 is 17.4 Å². The molecule has 5 heteroatoms. The highest BCUT2D eigenvalue weighted by Crippen LogP contribution is 2.22. The lowest BCUT2D eigenvalue weighted by Crippen LogP contribution is -2.00. The second-order valence-corrected chi connectivity index (χ2v) is 2.33. The van der Waals surface area contributed by atoms with Gasteiger partial charge >= 0.3 is 0 Å². The van der Waals surface area contributed by atoms with Gasteiger partial charge in [-0.1, -0.05) is 0 Å². The van der Waals surface area contributed by atoms with E-state index in [4.69, 9.17) is 22.1 Å². The van der Waals surface area contributed by atoms with Crippen LogP contribution < -0.4 is 10.5 Å². The first-order valence-corrected chi connectivity index (χ1v) is 3.36. The number of aryl methyl sites for hydroxylation is 1. The number of rotatable bonds is 1. The van der Waals surface area contributed by atoms with Crippen molar-refractivity contribution in [2.75, 3.05) is 12.8 Å². The van der Waals surface area contributed by atoms with E-state index in [1.807, 2.05) is 0 Å². The number of aromatic nitrogens is 2. The first kappa shape index (κ1) is 8.07. The van der Waals surface area contributed by atoms with Gasteiger partial charge < -0.3 is 10.5 Å². The van der Waals surface area contributed by atoms with E-state index in [2.05, 4.69) is 9.97 Å². The molecule has 2 N–H and O–H groups in total. The van der Waals surface area contributed by atoms with E-state index in [-0.39, 0.29) is 11.1 Å². The molecule has 0 spiro atoms. The summed E-state index contributed by atoms with van der Waals surface area (Å²) in [4.78, 5) is 7.57. The van der Waals surface area contributed by atoms with Crippen LogP contribution in [0.2, 0.25) is 5.28 Å². The molecule has 0 saturated heterocycles. The summed E-state index contributed by atoms with van der Waals surface area (Å²) < 4.78 is 4.92. The number of hydrogen-bond acceptors (Lipinski definition) is 4. The number of nitrogens with two attached hydrogens (primary N) is 1. The topological polar surface area (TPSA) is 61.0 Å². The normalized spacial score (nSPS) is 9.73. The van der Waals surface area contributed by atoms with Crippen LogP contribution in [-0.2, 0) is 0 Å². The smallest absolute Gasteiger partial charge is 0.224 e. The molecule has 0 aliphatic carbocycles. The Kier molecular flexibility index (Phi) is 2.14. The lowest BCUT2D eigenvalue weighted by Gasteiger charge is -2.05. The van der Waals surface area contributed by atoms with Gasteiger partial charge in [0.25, 0.3) is 0 Å². The van der Waals surface area contributed by atoms with Crippen LogP contribution in [0.3, 0.4) is 0 Å². The summed E-state index contributed by atoms with van der Waals surface area (Å²) in [7, 11) is 1.51. The fraction of sp³-hybridized carbons (Fsp3) is 0.333. The lowest BCUT2D eigenvalue weighted by molar-refractivity contribution is 0.409. The van der Waals surface area contributed by atoms with Gasteiger partial charge in [0.05, 0.1) is 12.8 Å². The zero-order chi connectivity index (χ0) is 8.43. The van der Waals surface area contributed by atoms with E-state index in [9.17, 15) is 0 Å². The third-order valence-electron chi connectivity index (χ3n) is 1.24. The Balaban J connectivity index is 3.25. The summed E-state index contributed by atoms with van der Waals surface area (Å²) in [6.07, 6.45) is 0. The van der Waals surface area contributed by atoms with Gasteiger partial charge in [-0.25, -0.2) is 4.98 Å². The molecule has 0 atom stereocenters. The largest absolute Gasteiger partial charge is 0.491 e. The molecular formula is C6H8ClN3O. The molecule has 0 fully saturated rings. The molecule has 1 aromatic rings.